The van der Waals surface area contributed by atoms with Crippen molar-refractivity contribution in [3.63, 3.8) is 0 Å². The third-order valence-corrected chi connectivity index (χ3v) is 4.16. The maximum Gasteiger partial charge on any atom is 0.0696 e. The highest BCUT2D eigenvalue weighted by molar-refractivity contribution is 9.08. The summed E-state index contributed by atoms with van der Waals surface area (Å²) in [6, 6.07) is 4.26. The van der Waals surface area contributed by atoms with Crippen molar-refractivity contribution in [3.05, 3.63) is 34.2 Å². The molecule has 1 N–H and O–H groups in total. The van der Waals surface area contributed by atoms with Gasteiger partial charge in [-0.1, -0.05) is 28.1 Å². The number of alkyl halides is 1. The van der Waals surface area contributed by atoms with Gasteiger partial charge >= 0.3 is 0 Å². The molecule has 0 unspecified atom stereocenters. The monoisotopic (exact) mass is 270 g/mol. The molecule has 0 saturated heterocycles. The molecule has 1 aromatic carbocycles. The minimum absolute atomic E-state index is 0.128. The number of thiophene rings is 1. The van der Waals surface area contributed by atoms with E-state index in [-0.39, 0.29) is 6.61 Å². The molecule has 2 aromatic rings. The van der Waals surface area contributed by atoms with Crippen LogP contribution in [0.3, 0.4) is 0 Å². The fourth-order valence-corrected chi connectivity index (χ4v) is 3.20. The standard InChI is InChI=1S/C11H11BrOS/c1-7-2-3-8(4-12)10-9(5-13)6-14-11(7)10/h2-3,6,13H,4-5H2,1H3. The van der Waals surface area contributed by atoms with Gasteiger partial charge in [0.25, 0.3) is 0 Å². The molecule has 3 heteroatoms. The molecule has 0 amide bonds. The van der Waals surface area contributed by atoms with Crippen LogP contribution in [0, 0.1) is 6.92 Å². The smallest absolute Gasteiger partial charge is 0.0696 e. The number of aryl methyl sites for hydroxylation is 1. The predicted octanol–water partition coefficient (Wildman–Crippen LogP) is 3.60. The van der Waals surface area contributed by atoms with Gasteiger partial charge in [-0.3, -0.25) is 0 Å². The summed E-state index contributed by atoms with van der Waals surface area (Å²) in [7, 11) is 0. The van der Waals surface area contributed by atoms with E-state index in [0.29, 0.717) is 0 Å². The Hall–Kier alpha value is -0.380. The van der Waals surface area contributed by atoms with Crippen molar-refractivity contribution in [2.45, 2.75) is 18.9 Å². The van der Waals surface area contributed by atoms with Crippen LogP contribution in [-0.2, 0) is 11.9 Å². The van der Waals surface area contributed by atoms with Crippen molar-refractivity contribution >= 4 is 37.4 Å². The van der Waals surface area contributed by atoms with E-state index in [9.17, 15) is 5.11 Å². The maximum atomic E-state index is 9.23. The molecule has 0 atom stereocenters. The van der Waals surface area contributed by atoms with Crippen LogP contribution in [0.5, 0.6) is 0 Å². The number of hydrogen-bond acceptors (Lipinski definition) is 2. The Morgan fingerprint density at radius 1 is 1.36 bits per heavy atom. The lowest BCUT2D eigenvalue weighted by Gasteiger charge is -2.03. The molecule has 74 valence electrons. The number of aliphatic hydroxyl groups excluding tert-OH is 1. The van der Waals surface area contributed by atoms with Gasteiger partial charge in [-0.2, -0.15) is 0 Å². The van der Waals surface area contributed by atoms with E-state index in [1.54, 1.807) is 11.3 Å². The highest BCUT2D eigenvalue weighted by atomic mass is 79.9. The van der Waals surface area contributed by atoms with E-state index in [1.165, 1.54) is 21.2 Å². The van der Waals surface area contributed by atoms with Crippen molar-refractivity contribution in [2.24, 2.45) is 0 Å². The first-order valence-corrected chi connectivity index (χ1v) is 6.43. The average molecular weight is 271 g/mol. The summed E-state index contributed by atoms with van der Waals surface area (Å²) in [6.45, 7) is 2.24. The Labute approximate surface area is 95.5 Å². The van der Waals surface area contributed by atoms with E-state index in [2.05, 4.69) is 35.0 Å². The predicted molar refractivity (Wildman–Crippen MR) is 65.1 cm³/mol. The van der Waals surface area contributed by atoms with Gasteiger partial charge in [0, 0.05) is 15.4 Å². The maximum absolute atomic E-state index is 9.23. The molecule has 0 bridgehead atoms. The Balaban J connectivity index is 2.82. The number of fused-ring (bicyclic) bond motifs is 1. The van der Waals surface area contributed by atoms with Gasteiger partial charge in [0.2, 0.25) is 0 Å². The number of hydrogen-bond donors (Lipinski definition) is 1. The molecule has 14 heavy (non-hydrogen) atoms. The van der Waals surface area contributed by atoms with Crippen LogP contribution < -0.4 is 0 Å². The van der Waals surface area contributed by atoms with Gasteiger partial charge in [0.05, 0.1) is 6.61 Å². The highest BCUT2D eigenvalue weighted by Gasteiger charge is 2.09. The Morgan fingerprint density at radius 3 is 2.79 bits per heavy atom. The van der Waals surface area contributed by atoms with E-state index in [1.807, 2.05) is 5.38 Å². The molecule has 0 saturated carbocycles. The summed E-state index contributed by atoms with van der Waals surface area (Å²) >= 11 is 5.19. The quantitative estimate of drug-likeness (QED) is 0.827. The molecule has 0 aliphatic carbocycles. The van der Waals surface area contributed by atoms with Crippen molar-refractivity contribution in [1.29, 1.82) is 0 Å². The molecule has 1 heterocycles. The van der Waals surface area contributed by atoms with Crippen molar-refractivity contribution < 1.29 is 5.11 Å². The van der Waals surface area contributed by atoms with Crippen LogP contribution >= 0.6 is 27.3 Å². The summed E-state index contributed by atoms with van der Waals surface area (Å²) in [6.07, 6.45) is 0. The third-order valence-electron chi connectivity index (χ3n) is 2.40. The molecule has 0 aliphatic heterocycles. The van der Waals surface area contributed by atoms with Crippen LogP contribution in [0.25, 0.3) is 10.1 Å². The van der Waals surface area contributed by atoms with Crippen molar-refractivity contribution in [3.8, 4) is 0 Å². The summed E-state index contributed by atoms with van der Waals surface area (Å²) in [5, 5.41) is 13.3. The van der Waals surface area contributed by atoms with Gasteiger partial charge in [-0.25, -0.2) is 0 Å². The Morgan fingerprint density at radius 2 is 2.14 bits per heavy atom. The SMILES string of the molecule is Cc1ccc(CBr)c2c(CO)csc12. The fourth-order valence-electron chi connectivity index (χ4n) is 1.65. The van der Waals surface area contributed by atoms with Crippen molar-refractivity contribution in [1.82, 2.24) is 0 Å². The molecule has 0 fully saturated rings. The molecular formula is C11H11BrOS. The van der Waals surface area contributed by atoms with Crippen molar-refractivity contribution in [2.75, 3.05) is 0 Å². The number of halogens is 1. The van der Waals surface area contributed by atoms with Gasteiger partial charge < -0.3 is 5.11 Å². The molecule has 1 aromatic heterocycles. The second kappa shape index (κ2) is 4.01. The molecular weight excluding hydrogens is 260 g/mol. The topological polar surface area (TPSA) is 20.2 Å². The van der Waals surface area contributed by atoms with E-state index < -0.39 is 0 Å². The average Bonchev–Trinajstić information content (AvgIpc) is 2.63. The zero-order valence-corrected chi connectivity index (χ0v) is 10.3. The van der Waals surface area contributed by atoms with Crippen LogP contribution in [0.15, 0.2) is 17.5 Å². The summed E-state index contributed by atoms with van der Waals surface area (Å²) in [5.74, 6) is 0. The summed E-state index contributed by atoms with van der Waals surface area (Å²) in [5.41, 5.74) is 3.59. The second-order valence-electron chi connectivity index (χ2n) is 3.30. The summed E-state index contributed by atoms with van der Waals surface area (Å²) < 4.78 is 1.30. The van der Waals surface area contributed by atoms with Gasteiger partial charge in [0.15, 0.2) is 0 Å². The van der Waals surface area contributed by atoms with Crippen LogP contribution in [0.1, 0.15) is 16.7 Å². The zero-order chi connectivity index (χ0) is 10.1. The third kappa shape index (κ3) is 1.49. The van der Waals surface area contributed by atoms with Crippen LogP contribution in [0.4, 0.5) is 0 Å². The lowest BCUT2D eigenvalue weighted by molar-refractivity contribution is 0.283. The molecule has 1 nitrogen and oxygen atoms in total. The van der Waals surface area contributed by atoms with E-state index >= 15 is 0 Å². The van der Waals surface area contributed by atoms with Gasteiger partial charge in [0.1, 0.15) is 0 Å². The Bertz CT molecular complexity index is 462. The first-order valence-electron chi connectivity index (χ1n) is 4.43. The minimum Gasteiger partial charge on any atom is -0.392 e. The molecule has 0 aliphatic rings. The lowest BCUT2D eigenvalue weighted by atomic mass is 10.1. The first-order chi connectivity index (χ1) is 6.77. The van der Waals surface area contributed by atoms with Gasteiger partial charge in [-0.15, -0.1) is 11.3 Å². The van der Waals surface area contributed by atoms with Gasteiger partial charge in [-0.05, 0) is 29.0 Å². The van der Waals surface area contributed by atoms with Crippen LogP contribution in [-0.4, -0.2) is 5.11 Å². The molecule has 0 spiro atoms. The van der Waals surface area contributed by atoms with E-state index in [0.717, 1.165) is 10.9 Å². The normalized spacial score (nSPS) is 11.1. The fraction of sp³-hybridized carbons (Fsp3) is 0.273. The highest BCUT2D eigenvalue weighted by Crippen LogP contribution is 2.32. The number of benzene rings is 1. The second-order valence-corrected chi connectivity index (χ2v) is 4.74. The van der Waals surface area contributed by atoms with E-state index in [4.69, 9.17) is 0 Å². The van der Waals surface area contributed by atoms with Crippen LogP contribution in [0.2, 0.25) is 0 Å². The summed E-state index contributed by atoms with van der Waals surface area (Å²) in [4.78, 5) is 0. The largest absolute Gasteiger partial charge is 0.392 e. The molecule has 0 radical (unpaired) electrons. The number of rotatable bonds is 2. The Kier molecular flexibility index (Phi) is 2.91. The number of aliphatic hydroxyl groups is 1. The molecule has 2 rings (SSSR count). The first kappa shape index (κ1) is 10.1. The zero-order valence-electron chi connectivity index (χ0n) is 7.88. The lowest BCUT2D eigenvalue weighted by Crippen LogP contribution is -1.86. The minimum atomic E-state index is 0.128.